The maximum absolute atomic E-state index is 5.85. The minimum atomic E-state index is 0.595. The van der Waals surface area contributed by atoms with Gasteiger partial charge in [0.15, 0.2) is 4.47 Å². The van der Waals surface area contributed by atoms with E-state index < -0.39 is 0 Å². The Bertz CT molecular complexity index is 472. The van der Waals surface area contributed by atoms with Crippen LogP contribution in [-0.4, -0.2) is 23.0 Å². The molecule has 0 atom stereocenters. The Kier molecular flexibility index (Phi) is 5.13. The first-order valence-electron chi connectivity index (χ1n) is 5.84. The van der Waals surface area contributed by atoms with E-state index in [4.69, 9.17) is 17.3 Å². The van der Waals surface area contributed by atoms with Crippen LogP contribution in [0.4, 0.5) is 0 Å². The molecule has 1 aromatic carbocycles. The maximum Gasteiger partial charge on any atom is 0.183 e. The zero-order valence-corrected chi connectivity index (χ0v) is 11.6. The lowest BCUT2D eigenvalue weighted by atomic mass is 10.2. The maximum atomic E-state index is 5.85. The summed E-state index contributed by atoms with van der Waals surface area (Å²) >= 11 is 7.37. The van der Waals surface area contributed by atoms with Crippen LogP contribution in [0.15, 0.2) is 36.5 Å². The molecule has 0 amide bonds. The van der Waals surface area contributed by atoms with Gasteiger partial charge >= 0.3 is 0 Å². The van der Waals surface area contributed by atoms with Crippen LogP contribution in [0, 0.1) is 0 Å². The molecule has 18 heavy (non-hydrogen) atoms. The molecule has 0 aliphatic heterocycles. The van der Waals surface area contributed by atoms with Crippen molar-refractivity contribution < 1.29 is 0 Å². The van der Waals surface area contributed by atoms with Gasteiger partial charge in [0.25, 0.3) is 0 Å². The Morgan fingerprint density at radius 1 is 1.22 bits per heavy atom. The van der Waals surface area contributed by atoms with Gasteiger partial charge in [-0.2, -0.15) is 0 Å². The van der Waals surface area contributed by atoms with Gasteiger partial charge in [0, 0.05) is 37.3 Å². The van der Waals surface area contributed by atoms with Crippen LogP contribution in [0.5, 0.6) is 0 Å². The van der Waals surface area contributed by atoms with Crippen molar-refractivity contribution >= 4 is 22.9 Å². The second-order valence-electron chi connectivity index (χ2n) is 4.06. The summed E-state index contributed by atoms with van der Waals surface area (Å²) in [5.41, 5.74) is 6.96. The number of rotatable bonds is 6. The first-order chi connectivity index (χ1) is 8.78. The normalized spacial score (nSPS) is 11.1. The van der Waals surface area contributed by atoms with E-state index in [0.717, 1.165) is 19.6 Å². The fraction of sp³-hybridized carbons (Fsp3) is 0.308. The SMILES string of the molecule is NCCN(Cc1ccccc1)Cc1cnc(Cl)s1. The zero-order valence-electron chi connectivity index (χ0n) is 10.1. The summed E-state index contributed by atoms with van der Waals surface area (Å²) in [7, 11) is 0. The van der Waals surface area contributed by atoms with Crippen molar-refractivity contribution in [2.24, 2.45) is 5.73 Å². The van der Waals surface area contributed by atoms with Crippen molar-refractivity contribution in [1.29, 1.82) is 0 Å². The van der Waals surface area contributed by atoms with E-state index in [1.807, 2.05) is 12.3 Å². The van der Waals surface area contributed by atoms with E-state index in [9.17, 15) is 0 Å². The minimum absolute atomic E-state index is 0.595. The number of hydrogen-bond acceptors (Lipinski definition) is 4. The molecule has 5 heteroatoms. The van der Waals surface area contributed by atoms with Gasteiger partial charge < -0.3 is 5.73 Å². The van der Waals surface area contributed by atoms with Gasteiger partial charge in [-0.25, -0.2) is 4.98 Å². The van der Waals surface area contributed by atoms with Crippen LogP contribution in [0.1, 0.15) is 10.4 Å². The minimum Gasteiger partial charge on any atom is -0.329 e. The number of hydrogen-bond donors (Lipinski definition) is 1. The van der Waals surface area contributed by atoms with Crippen LogP contribution >= 0.6 is 22.9 Å². The molecular weight excluding hydrogens is 266 g/mol. The Morgan fingerprint density at radius 3 is 2.61 bits per heavy atom. The molecule has 3 nitrogen and oxygen atoms in total. The highest BCUT2D eigenvalue weighted by Crippen LogP contribution is 2.20. The van der Waals surface area contributed by atoms with Crippen molar-refractivity contribution in [3.8, 4) is 0 Å². The van der Waals surface area contributed by atoms with Crippen LogP contribution < -0.4 is 5.73 Å². The molecule has 0 spiro atoms. The van der Waals surface area contributed by atoms with E-state index in [1.165, 1.54) is 21.8 Å². The summed E-state index contributed by atoms with van der Waals surface area (Å²) in [4.78, 5) is 7.54. The standard InChI is InChI=1S/C13H16ClN3S/c14-13-16-8-12(18-13)10-17(7-6-15)9-11-4-2-1-3-5-11/h1-5,8H,6-7,9-10,15H2. The molecule has 2 rings (SSSR count). The van der Waals surface area contributed by atoms with Crippen molar-refractivity contribution in [3.63, 3.8) is 0 Å². The highest BCUT2D eigenvalue weighted by atomic mass is 35.5. The van der Waals surface area contributed by atoms with E-state index in [-0.39, 0.29) is 0 Å². The lowest BCUT2D eigenvalue weighted by molar-refractivity contribution is 0.266. The third-order valence-corrected chi connectivity index (χ3v) is 3.70. The van der Waals surface area contributed by atoms with Crippen molar-refractivity contribution in [1.82, 2.24) is 9.88 Å². The Balaban J connectivity index is 1.99. The van der Waals surface area contributed by atoms with Gasteiger partial charge in [-0.3, -0.25) is 4.90 Å². The highest BCUT2D eigenvalue weighted by Gasteiger charge is 2.08. The predicted octanol–water partition coefficient (Wildman–Crippen LogP) is 2.76. The first-order valence-corrected chi connectivity index (χ1v) is 7.04. The monoisotopic (exact) mass is 281 g/mol. The van der Waals surface area contributed by atoms with Gasteiger partial charge in [-0.15, -0.1) is 11.3 Å². The fourth-order valence-corrected chi connectivity index (χ4v) is 2.84. The van der Waals surface area contributed by atoms with Gasteiger partial charge in [0.1, 0.15) is 0 Å². The second kappa shape index (κ2) is 6.85. The Hall–Kier alpha value is -0.940. The molecule has 0 saturated heterocycles. The summed E-state index contributed by atoms with van der Waals surface area (Å²) in [5.74, 6) is 0. The predicted molar refractivity (Wildman–Crippen MR) is 76.7 cm³/mol. The van der Waals surface area contributed by atoms with Crippen molar-refractivity contribution in [3.05, 3.63) is 51.4 Å². The highest BCUT2D eigenvalue weighted by molar-refractivity contribution is 7.15. The summed E-state index contributed by atoms with van der Waals surface area (Å²) in [6, 6.07) is 10.4. The number of nitrogens with two attached hydrogens (primary N) is 1. The van der Waals surface area contributed by atoms with Gasteiger partial charge in [0.05, 0.1) is 0 Å². The summed E-state index contributed by atoms with van der Waals surface area (Å²) in [6.45, 7) is 3.26. The van der Waals surface area contributed by atoms with Crippen LogP contribution in [0.3, 0.4) is 0 Å². The van der Waals surface area contributed by atoms with Crippen LogP contribution in [0.25, 0.3) is 0 Å². The van der Waals surface area contributed by atoms with Gasteiger partial charge in [-0.05, 0) is 5.56 Å². The number of thiazole rings is 1. The summed E-state index contributed by atoms with van der Waals surface area (Å²) in [5, 5.41) is 0. The smallest absolute Gasteiger partial charge is 0.183 e. The quantitative estimate of drug-likeness (QED) is 0.885. The first kappa shape index (κ1) is 13.5. The molecule has 2 aromatic rings. The van der Waals surface area contributed by atoms with E-state index in [2.05, 4.69) is 34.1 Å². The molecule has 0 fully saturated rings. The average Bonchev–Trinajstić information content (AvgIpc) is 2.76. The number of aromatic nitrogens is 1. The molecule has 1 aromatic heterocycles. The fourth-order valence-electron chi connectivity index (χ4n) is 1.82. The number of benzene rings is 1. The largest absolute Gasteiger partial charge is 0.329 e. The van der Waals surface area contributed by atoms with Crippen molar-refractivity contribution in [2.45, 2.75) is 13.1 Å². The zero-order chi connectivity index (χ0) is 12.8. The molecular formula is C13H16ClN3S. The lowest BCUT2D eigenvalue weighted by Crippen LogP contribution is -2.28. The number of nitrogens with zero attached hydrogens (tertiary/aromatic N) is 2. The molecule has 0 unspecified atom stereocenters. The molecule has 1 heterocycles. The molecule has 2 N–H and O–H groups in total. The topological polar surface area (TPSA) is 42.1 Å². The molecule has 0 aliphatic carbocycles. The van der Waals surface area contributed by atoms with Gasteiger partial charge in [0.2, 0.25) is 0 Å². The van der Waals surface area contributed by atoms with Crippen LogP contribution in [-0.2, 0) is 13.1 Å². The van der Waals surface area contributed by atoms with Gasteiger partial charge in [-0.1, -0.05) is 41.9 Å². The molecule has 0 radical (unpaired) electrons. The van der Waals surface area contributed by atoms with Crippen LogP contribution in [0.2, 0.25) is 4.47 Å². The van der Waals surface area contributed by atoms with Crippen molar-refractivity contribution in [2.75, 3.05) is 13.1 Å². The number of halogens is 1. The summed E-state index contributed by atoms with van der Waals surface area (Å²) in [6.07, 6.45) is 1.83. The second-order valence-corrected chi connectivity index (χ2v) is 5.76. The Labute approximate surface area is 116 Å². The third kappa shape index (κ3) is 4.07. The average molecular weight is 282 g/mol. The van der Waals surface area contributed by atoms with E-state index >= 15 is 0 Å². The lowest BCUT2D eigenvalue weighted by Gasteiger charge is -2.20. The molecule has 0 saturated carbocycles. The third-order valence-electron chi connectivity index (χ3n) is 2.60. The van der Waals surface area contributed by atoms with E-state index in [1.54, 1.807) is 0 Å². The Morgan fingerprint density at radius 2 is 2.00 bits per heavy atom. The molecule has 0 aliphatic rings. The molecule has 0 bridgehead atoms. The van der Waals surface area contributed by atoms with E-state index in [0.29, 0.717) is 11.0 Å². The molecule has 96 valence electrons. The summed E-state index contributed by atoms with van der Waals surface area (Å²) < 4.78 is 0.595.